The van der Waals surface area contributed by atoms with E-state index in [4.69, 9.17) is 0 Å². The summed E-state index contributed by atoms with van der Waals surface area (Å²) < 4.78 is 1.56. The maximum Gasteiger partial charge on any atom is 0.262 e. The van der Waals surface area contributed by atoms with Crippen LogP contribution in [0.4, 0.5) is 0 Å². The molecule has 2 aromatic heterocycles. The average molecular weight is 337 g/mol. The number of thiophene rings is 1. The van der Waals surface area contributed by atoms with E-state index in [0.29, 0.717) is 16.3 Å². The molecule has 2 aromatic rings. The van der Waals surface area contributed by atoms with Crippen molar-refractivity contribution in [1.82, 2.24) is 14.5 Å². The summed E-state index contributed by atoms with van der Waals surface area (Å²) in [6.07, 6.45) is 2.18. The largest absolute Gasteiger partial charge is 0.342 e. The molecular weight excluding hydrogens is 318 g/mol. The van der Waals surface area contributed by atoms with Crippen molar-refractivity contribution >= 4 is 39.2 Å². The van der Waals surface area contributed by atoms with Gasteiger partial charge in [0, 0.05) is 25.0 Å². The molecule has 0 aromatic carbocycles. The molecule has 0 atom stereocenters. The lowest BCUT2D eigenvalue weighted by molar-refractivity contribution is -0.127. The van der Waals surface area contributed by atoms with Crippen LogP contribution in [-0.2, 0) is 11.8 Å². The van der Waals surface area contributed by atoms with Gasteiger partial charge in [-0.3, -0.25) is 14.2 Å². The van der Waals surface area contributed by atoms with Gasteiger partial charge < -0.3 is 4.90 Å². The number of hydrogen-bond acceptors (Lipinski definition) is 5. The maximum atomic E-state index is 12.5. The molecule has 0 aliphatic carbocycles. The van der Waals surface area contributed by atoms with Crippen LogP contribution in [0.15, 0.2) is 9.95 Å². The first-order chi connectivity index (χ1) is 10.5. The predicted octanol–water partition coefficient (Wildman–Crippen LogP) is 2.33. The van der Waals surface area contributed by atoms with Crippen LogP contribution in [0.3, 0.4) is 0 Å². The molecule has 0 bridgehead atoms. The highest BCUT2D eigenvalue weighted by Crippen LogP contribution is 2.28. The fraction of sp³-hybridized carbons (Fsp3) is 0.533. The topological polar surface area (TPSA) is 55.2 Å². The number of aryl methyl sites for hydroxylation is 2. The van der Waals surface area contributed by atoms with Crippen LogP contribution in [0.1, 0.15) is 23.3 Å². The molecule has 7 heteroatoms. The van der Waals surface area contributed by atoms with Crippen molar-refractivity contribution in [3.63, 3.8) is 0 Å². The van der Waals surface area contributed by atoms with Crippen LogP contribution in [0, 0.1) is 13.8 Å². The van der Waals surface area contributed by atoms with Gasteiger partial charge in [-0.15, -0.1) is 11.3 Å². The van der Waals surface area contributed by atoms with Crippen molar-refractivity contribution in [1.29, 1.82) is 0 Å². The molecule has 0 radical (unpaired) electrons. The van der Waals surface area contributed by atoms with Crippen LogP contribution in [0.25, 0.3) is 10.2 Å². The maximum absolute atomic E-state index is 12.5. The lowest BCUT2D eigenvalue weighted by Crippen LogP contribution is -2.29. The molecule has 1 saturated heterocycles. The van der Waals surface area contributed by atoms with E-state index in [1.54, 1.807) is 23.0 Å². The Bertz CT molecular complexity index is 788. The lowest BCUT2D eigenvalue weighted by Gasteiger charge is -2.15. The Morgan fingerprint density at radius 1 is 1.32 bits per heavy atom. The molecule has 1 fully saturated rings. The first-order valence-corrected chi connectivity index (χ1v) is 9.16. The van der Waals surface area contributed by atoms with Gasteiger partial charge in [0.1, 0.15) is 4.83 Å². The second-order valence-electron chi connectivity index (χ2n) is 5.60. The predicted molar refractivity (Wildman–Crippen MR) is 90.9 cm³/mol. The summed E-state index contributed by atoms with van der Waals surface area (Å²) >= 11 is 2.90. The van der Waals surface area contributed by atoms with E-state index in [1.807, 2.05) is 18.7 Å². The number of fused-ring (bicyclic) bond motifs is 1. The van der Waals surface area contributed by atoms with Gasteiger partial charge in [-0.1, -0.05) is 11.8 Å². The van der Waals surface area contributed by atoms with Crippen molar-refractivity contribution in [2.45, 2.75) is 31.8 Å². The van der Waals surface area contributed by atoms with Crippen LogP contribution < -0.4 is 5.56 Å². The highest BCUT2D eigenvalue weighted by Gasteiger charge is 2.20. The van der Waals surface area contributed by atoms with E-state index in [0.717, 1.165) is 41.2 Å². The molecule has 0 N–H and O–H groups in total. The zero-order valence-corrected chi connectivity index (χ0v) is 14.6. The van der Waals surface area contributed by atoms with Gasteiger partial charge in [0.2, 0.25) is 5.91 Å². The molecule has 3 rings (SSSR count). The Kier molecular flexibility index (Phi) is 4.27. The van der Waals surface area contributed by atoms with Crippen LogP contribution in [-0.4, -0.2) is 39.2 Å². The van der Waals surface area contributed by atoms with Crippen molar-refractivity contribution in [3.05, 3.63) is 20.8 Å². The van der Waals surface area contributed by atoms with Gasteiger partial charge in [-0.05, 0) is 32.3 Å². The highest BCUT2D eigenvalue weighted by atomic mass is 32.2. The Morgan fingerprint density at radius 3 is 2.68 bits per heavy atom. The second kappa shape index (κ2) is 6.04. The van der Waals surface area contributed by atoms with Gasteiger partial charge in [0.25, 0.3) is 5.56 Å². The van der Waals surface area contributed by atoms with Crippen LogP contribution >= 0.6 is 23.1 Å². The van der Waals surface area contributed by atoms with Crippen LogP contribution in [0.5, 0.6) is 0 Å². The fourth-order valence-electron chi connectivity index (χ4n) is 2.67. The number of amides is 1. The number of carbonyl (C=O) groups is 1. The Balaban J connectivity index is 1.86. The number of thioether (sulfide) groups is 1. The van der Waals surface area contributed by atoms with E-state index < -0.39 is 0 Å². The number of rotatable bonds is 3. The summed E-state index contributed by atoms with van der Waals surface area (Å²) in [4.78, 5) is 33.0. The molecule has 1 amide bonds. The molecule has 0 unspecified atom stereocenters. The first kappa shape index (κ1) is 15.6. The van der Waals surface area contributed by atoms with Gasteiger partial charge in [0.15, 0.2) is 5.16 Å². The summed E-state index contributed by atoms with van der Waals surface area (Å²) in [6, 6.07) is 0. The minimum Gasteiger partial charge on any atom is -0.342 e. The smallest absolute Gasteiger partial charge is 0.262 e. The standard InChI is InChI=1S/C15H19N3O2S2/c1-9-10(2)22-13-12(9)14(20)17(3)15(16-13)21-8-11(19)18-6-4-5-7-18/h4-8H2,1-3H3. The molecule has 1 aliphatic heterocycles. The molecule has 0 saturated carbocycles. The average Bonchev–Trinajstić information content (AvgIpc) is 3.11. The fourth-order valence-corrected chi connectivity index (χ4v) is 4.61. The minimum atomic E-state index is -0.0250. The zero-order valence-electron chi connectivity index (χ0n) is 13.0. The van der Waals surface area contributed by atoms with E-state index in [1.165, 1.54) is 11.8 Å². The van der Waals surface area contributed by atoms with Gasteiger partial charge in [-0.25, -0.2) is 4.98 Å². The second-order valence-corrected chi connectivity index (χ2v) is 7.74. The van der Waals surface area contributed by atoms with Crippen molar-refractivity contribution in [2.75, 3.05) is 18.8 Å². The van der Waals surface area contributed by atoms with Crippen molar-refractivity contribution < 1.29 is 4.79 Å². The lowest BCUT2D eigenvalue weighted by atomic mass is 10.2. The quantitative estimate of drug-likeness (QED) is 0.637. The van der Waals surface area contributed by atoms with Gasteiger partial charge in [0.05, 0.1) is 11.1 Å². The number of likely N-dealkylation sites (tertiary alicyclic amines) is 1. The minimum absolute atomic E-state index is 0.0250. The molecule has 1 aliphatic rings. The third-order valence-corrected chi connectivity index (χ3v) is 6.27. The third kappa shape index (κ3) is 2.67. The Morgan fingerprint density at radius 2 is 2.00 bits per heavy atom. The Labute approximate surface area is 137 Å². The SMILES string of the molecule is Cc1sc2nc(SCC(=O)N3CCCC3)n(C)c(=O)c2c1C. The Hall–Kier alpha value is -1.34. The van der Waals surface area contributed by atoms with Gasteiger partial charge in [-0.2, -0.15) is 0 Å². The molecule has 22 heavy (non-hydrogen) atoms. The molecule has 118 valence electrons. The summed E-state index contributed by atoms with van der Waals surface area (Å²) in [6.45, 7) is 5.67. The monoisotopic (exact) mass is 337 g/mol. The third-order valence-electron chi connectivity index (χ3n) is 4.15. The molecule has 0 spiro atoms. The van der Waals surface area contributed by atoms with Crippen molar-refractivity contribution in [3.8, 4) is 0 Å². The molecular formula is C15H19N3O2S2. The van der Waals surface area contributed by atoms with E-state index >= 15 is 0 Å². The van der Waals surface area contributed by atoms with E-state index in [2.05, 4.69) is 4.98 Å². The summed E-state index contributed by atoms with van der Waals surface area (Å²) in [7, 11) is 1.73. The number of hydrogen-bond donors (Lipinski definition) is 0. The van der Waals surface area contributed by atoms with E-state index in [-0.39, 0.29) is 11.5 Å². The van der Waals surface area contributed by atoms with E-state index in [9.17, 15) is 9.59 Å². The zero-order chi connectivity index (χ0) is 15.9. The highest BCUT2D eigenvalue weighted by molar-refractivity contribution is 7.99. The first-order valence-electron chi connectivity index (χ1n) is 7.36. The van der Waals surface area contributed by atoms with Crippen LogP contribution in [0.2, 0.25) is 0 Å². The summed E-state index contributed by atoms with van der Waals surface area (Å²) in [5.41, 5.74) is 0.987. The number of nitrogens with zero attached hydrogens (tertiary/aromatic N) is 3. The summed E-state index contributed by atoms with van der Waals surface area (Å²) in [5, 5.41) is 1.33. The molecule has 3 heterocycles. The van der Waals surface area contributed by atoms with Crippen molar-refractivity contribution in [2.24, 2.45) is 7.05 Å². The number of carbonyl (C=O) groups excluding carboxylic acids is 1. The van der Waals surface area contributed by atoms with Gasteiger partial charge >= 0.3 is 0 Å². The number of aromatic nitrogens is 2. The normalized spacial score (nSPS) is 15.0. The summed E-state index contributed by atoms with van der Waals surface area (Å²) in [5.74, 6) is 0.477. The molecule has 5 nitrogen and oxygen atoms in total.